The Morgan fingerprint density at radius 2 is 1.36 bits per heavy atom. The first kappa shape index (κ1) is 45.0. The van der Waals surface area contributed by atoms with Crippen molar-refractivity contribution in [1.29, 1.82) is 0 Å². The van der Waals surface area contributed by atoms with Crippen molar-refractivity contribution in [2.75, 3.05) is 12.8 Å². The van der Waals surface area contributed by atoms with Crippen molar-refractivity contribution in [3.63, 3.8) is 0 Å². The highest BCUT2D eigenvalue weighted by Crippen LogP contribution is 2.63. The minimum Gasteiger partial charge on any atom is -0.390 e. The zero-order valence-electron chi connectivity index (χ0n) is 31.9. The molecule has 0 radical (unpaired) electrons. The third-order valence-electron chi connectivity index (χ3n) is 10.9. The van der Waals surface area contributed by atoms with Crippen molar-refractivity contribution in [2.24, 2.45) is 22.7 Å². The van der Waals surface area contributed by atoms with Crippen LogP contribution >= 0.6 is 33.8 Å². The molecule has 0 aromatic heterocycles. The lowest BCUT2D eigenvalue weighted by Crippen LogP contribution is -2.57. The van der Waals surface area contributed by atoms with Gasteiger partial charge in [0.05, 0.1) is 12.2 Å². The molecule has 2 rings (SSSR count). The maximum Gasteiger partial charge on any atom is 0.178 e. The van der Waals surface area contributed by atoms with E-state index in [-0.39, 0.29) is 13.6 Å². The predicted octanol–water partition coefficient (Wildman–Crippen LogP) is 14.1. The van der Waals surface area contributed by atoms with Gasteiger partial charge in [0.2, 0.25) is 0 Å². The lowest BCUT2D eigenvalue weighted by molar-refractivity contribution is -0.168. The molecule has 0 aliphatic heterocycles. The van der Waals surface area contributed by atoms with E-state index in [1.165, 1.54) is 66.4 Å². The molecule has 0 spiro atoms. The number of hydrogen-bond donors (Lipinski definition) is 1. The average molecular weight is 725 g/mol. The molecule has 0 amide bonds. The summed E-state index contributed by atoms with van der Waals surface area (Å²) in [6.07, 6.45) is 27.6. The molecular formula is C40H72O3P4. The predicted molar refractivity (Wildman–Crippen MR) is 219 cm³/mol. The van der Waals surface area contributed by atoms with E-state index in [0.717, 1.165) is 57.0 Å². The smallest absolute Gasteiger partial charge is 0.178 e. The van der Waals surface area contributed by atoms with Gasteiger partial charge < -0.3 is 9.63 Å². The van der Waals surface area contributed by atoms with E-state index in [1.54, 1.807) is 0 Å². The molecule has 5 unspecified atom stereocenters. The van der Waals surface area contributed by atoms with Gasteiger partial charge in [-0.25, -0.2) is 0 Å². The van der Waals surface area contributed by atoms with Gasteiger partial charge in [-0.1, -0.05) is 94.4 Å². The van der Waals surface area contributed by atoms with Crippen molar-refractivity contribution >= 4 is 33.8 Å². The Bertz CT molecular complexity index is 1080. The SMILES string of the molecule is C/C(=C/COPP)CC[C@@H]1C(C)(O)CCC2C(C)(C)CCC[C@]21C.CC(C)=CCC/C(C)=C\CC/C(C)=C/CC/C(C)=C\CPP=O. The molecule has 0 bridgehead atoms. The Morgan fingerprint density at radius 3 is 1.91 bits per heavy atom. The lowest BCUT2D eigenvalue weighted by Gasteiger charge is -2.61. The van der Waals surface area contributed by atoms with E-state index >= 15 is 0 Å². The van der Waals surface area contributed by atoms with Crippen LogP contribution < -0.4 is 0 Å². The summed E-state index contributed by atoms with van der Waals surface area (Å²) in [5.41, 5.74) is 7.40. The molecule has 0 aromatic rings. The second-order valence-corrected chi connectivity index (χ2v) is 19.5. The number of hydrogen-bond acceptors (Lipinski definition) is 3. The van der Waals surface area contributed by atoms with Crippen LogP contribution in [0.2, 0.25) is 0 Å². The second-order valence-electron chi connectivity index (χ2n) is 15.9. The maximum atomic E-state index is 11.2. The monoisotopic (exact) mass is 724 g/mol. The van der Waals surface area contributed by atoms with Crippen molar-refractivity contribution in [1.82, 2.24) is 0 Å². The van der Waals surface area contributed by atoms with Gasteiger partial charge in [-0.2, -0.15) is 0 Å². The molecule has 270 valence electrons. The summed E-state index contributed by atoms with van der Waals surface area (Å²) >= 11 is 0. The Hall–Kier alpha value is 0.01000. The molecule has 0 aromatic carbocycles. The van der Waals surface area contributed by atoms with Crippen LogP contribution in [0.25, 0.3) is 0 Å². The first-order valence-corrected chi connectivity index (χ1v) is 23.8. The van der Waals surface area contributed by atoms with Crippen LogP contribution in [0.3, 0.4) is 0 Å². The van der Waals surface area contributed by atoms with Crippen molar-refractivity contribution in [3.8, 4) is 0 Å². The molecule has 2 saturated carbocycles. The summed E-state index contributed by atoms with van der Waals surface area (Å²) in [7, 11) is 3.90. The molecule has 2 aliphatic carbocycles. The summed E-state index contributed by atoms with van der Waals surface area (Å²) in [6, 6.07) is 0. The summed E-state index contributed by atoms with van der Waals surface area (Å²) in [5, 5.41) is 11.2. The van der Waals surface area contributed by atoms with Crippen LogP contribution in [-0.4, -0.2) is 23.5 Å². The van der Waals surface area contributed by atoms with Gasteiger partial charge in [-0.15, -0.1) is 0 Å². The molecule has 2 fully saturated rings. The van der Waals surface area contributed by atoms with E-state index in [0.29, 0.717) is 34.7 Å². The molecule has 47 heavy (non-hydrogen) atoms. The number of aliphatic hydroxyl groups is 1. The van der Waals surface area contributed by atoms with E-state index in [2.05, 4.69) is 109 Å². The van der Waals surface area contributed by atoms with Crippen LogP contribution in [-0.2, 0) is 9.09 Å². The maximum absolute atomic E-state index is 11.2. The Labute approximate surface area is 299 Å². The summed E-state index contributed by atoms with van der Waals surface area (Å²) in [5.74, 6) is 1.14. The van der Waals surface area contributed by atoms with Gasteiger partial charge in [0, 0.05) is 8.50 Å². The fourth-order valence-corrected chi connectivity index (χ4v) is 9.70. The van der Waals surface area contributed by atoms with Crippen molar-refractivity contribution in [3.05, 3.63) is 58.2 Å². The fraction of sp³-hybridized carbons (Fsp3) is 0.750. The highest BCUT2D eigenvalue weighted by atomic mass is 32.0. The van der Waals surface area contributed by atoms with Crippen LogP contribution in [0.5, 0.6) is 0 Å². The largest absolute Gasteiger partial charge is 0.390 e. The Balaban J connectivity index is 0.000000471. The third-order valence-corrected chi connectivity index (χ3v) is 13.2. The first-order chi connectivity index (χ1) is 22.1. The van der Waals surface area contributed by atoms with Gasteiger partial charge in [0.15, 0.2) is 8.15 Å². The summed E-state index contributed by atoms with van der Waals surface area (Å²) in [4.78, 5) is 0. The van der Waals surface area contributed by atoms with Crippen LogP contribution in [0.4, 0.5) is 0 Å². The van der Waals surface area contributed by atoms with E-state index < -0.39 is 5.60 Å². The molecule has 7 atom stereocenters. The highest BCUT2D eigenvalue weighted by molar-refractivity contribution is 8.06. The molecule has 0 saturated heterocycles. The minimum absolute atomic E-state index is 0.279. The zero-order valence-corrected chi connectivity index (χ0v) is 36.0. The minimum atomic E-state index is -0.517. The summed E-state index contributed by atoms with van der Waals surface area (Å²) in [6.45, 7) is 23.4. The zero-order chi connectivity index (χ0) is 35.5. The van der Waals surface area contributed by atoms with Crippen molar-refractivity contribution in [2.45, 2.75) is 158 Å². The standard InChI is InChI=1S/C20H38O2P2.C20H34OP2/c1-15(10-14-22-24-23)7-8-17-19(4)12-6-11-18(2,3)16(19)9-13-20(17,5)21;1-17(2)9-6-10-18(3)11-7-12-19(4)13-8-14-20(5)15-16-22-23-21/h10,16-17,21,24H,6-9,11-14,23H2,1-5H3;9,11,13,15,22H,6-8,10,12,14,16H2,1-5H3/b15-10-;18-11-,19-13+,20-15-/t16?,17-,19+,20?;/m0./s1. The number of allylic oxidation sites excluding steroid dienone is 9. The molecule has 7 heteroatoms. The van der Waals surface area contributed by atoms with Crippen LogP contribution in [0.15, 0.2) is 58.2 Å². The van der Waals surface area contributed by atoms with Gasteiger partial charge in [-0.05, 0) is 163 Å². The molecule has 0 heterocycles. The van der Waals surface area contributed by atoms with Gasteiger partial charge in [-0.3, -0.25) is 4.57 Å². The molecule has 1 N–H and O–H groups in total. The first-order valence-electron chi connectivity index (χ1n) is 18.2. The third kappa shape index (κ3) is 17.7. The Kier molecular flexibility index (Phi) is 22.5. The van der Waals surface area contributed by atoms with Gasteiger partial charge in [0.1, 0.15) is 0 Å². The second kappa shape index (κ2) is 23.5. The summed E-state index contributed by atoms with van der Waals surface area (Å²) < 4.78 is 15.8. The van der Waals surface area contributed by atoms with E-state index in [9.17, 15) is 9.67 Å². The van der Waals surface area contributed by atoms with Crippen molar-refractivity contribution < 1.29 is 14.2 Å². The Morgan fingerprint density at radius 1 is 0.809 bits per heavy atom. The number of fused-ring (bicyclic) bond motifs is 1. The van der Waals surface area contributed by atoms with E-state index in [4.69, 9.17) is 4.52 Å². The van der Waals surface area contributed by atoms with Gasteiger partial charge in [0.25, 0.3) is 0 Å². The lowest BCUT2D eigenvalue weighted by atomic mass is 9.45. The van der Waals surface area contributed by atoms with Crippen LogP contribution in [0, 0.1) is 22.7 Å². The average Bonchev–Trinajstić information content (AvgIpc) is 2.96. The van der Waals surface area contributed by atoms with Gasteiger partial charge >= 0.3 is 0 Å². The molecule has 2 aliphatic rings. The van der Waals surface area contributed by atoms with E-state index in [1.807, 2.05) is 0 Å². The van der Waals surface area contributed by atoms with Crippen LogP contribution in [0.1, 0.15) is 153 Å². The molecular weight excluding hydrogens is 652 g/mol. The quantitative estimate of drug-likeness (QED) is 0.0870. The number of rotatable bonds is 18. The molecule has 3 nitrogen and oxygen atoms in total. The topological polar surface area (TPSA) is 46.5 Å². The highest BCUT2D eigenvalue weighted by Gasteiger charge is 2.57. The fourth-order valence-electron chi connectivity index (χ4n) is 8.22. The normalized spacial score (nSPS) is 27.3.